The van der Waals surface area contributed by atoms with Crippen molar-refractivity contribution >= 4 is 11.8 Å². The van der Waals surface area contributed by atoms with E-state index in [0.717, 1.165) is 11.1 Å². The molecule has 1 aromatic heterocycles. The Hall–Kier alpha value is -3.55. The van der Waals surface area contributed by atoms with Crippen molar-refractivity contribution in [2.45, 2.75) is 13.5 Å². The third-order valence-electron chi connectivity index (χ3n) is 3.38. The van der Waals surface area contributed by atoms with Crippen molar-refractivity contribution < 1.29 is 9.59 Å². The molecule has 0 saturated heterocycles. The third-order valence-corrected chi connectivity index (χ3v) is 3.38. The number of nitrogens with zero attached hydrogens (tertiary/aromatic N) is 4. The second kappa shape index (κ2) is 7.35. The minimum absolute atomic E-state index is 0.337. The molecule has 0 bridgehead atoms. The van der Waals surface area contributed by atoms with Crippen LogP contribution in [-0.4, -0.2) is 32.0 Å². The Morgan fingerprint density at radius 1 is 1.00 bits per heavy atom. The smallest absolute Gasteiger partial charge is 0.269 e. The lowest BCUT2D eigenvalue weighted by Crippen LogP contribution is -2.40. The van der Waals surface area contributed by atoms with Crippen LogP contribution < -0.4 is 10.9 Å². The van der Waals surface area contributed by atoms with Crippen LogP contribution in [0.5, 0.6) is 0 Å². The zero-order valence-corrected chi connectivity index (χ0v) is 13.5. The molecule has 1 heterocycles. The lowest BCUT2D eigenvalue weighted by atomic mass is 10.1. The van der Waals surface area contributed by atoms with Gasteiger partial charge in [-0.05, 0) is 22.9 Å². The highest BCUT2D eigenvalue weighted by atomic mass is 16.2. The predicted octanol–water partition coefficient (Wildman–Crippen LogP) is 1.17. The van der Waals surface area contributed by atoms with Crippen molar-refractivity contribution in [1.82, 2.24) is 31.1 Å². The maximum Gasteiger partial charge on any atom is 0.269 e. The Bertz CT molecular complexity index is 874. The van der Waals surface area contributed by atoms with E-state index in [2.05, 4.69) is 26.3 Å². The van der Waals surface area contributed by atoms with E-state index < -0.39 is 0 Å². The standard InChI is InChI=1S/C17H16N6O2/c1-12(24)18-20-17(25)15-9-7-13(8-10-15)11-23-21-16(19-22-23)14-5-3-2-4-6-14/h2-10H,11H2,1H3,(H,18,24)(H,20,25). The normalized spacial score (nSPS) is 10.3. The molecular formula is C17H16N6O2. The molecule has 8 heteroatoms. The quantitative estimate of drug-likeness (QED) is 0.696. The lowest BCUT2D eigenvalue weighted by molar-refractivity contribution is -0.119. The number of carbonyl (C=O) groups excluding carboxylic acids is 2. The summed E-state index contributed by atoms with van der Waals surface area (Å²) in [5.74, 6) is -0.157. The molecule has 0 aliphatic heterocycles. The number of hydrogen-bond donors (Lipinski definition) is 2. The number of nitrogens with one attached hydrogen (secondary N) is 2. The van der Waals surface area contributed by atoms with Crippen LogP contribution >= 0.6 is 0 Å². The van der Waals surface area contributed by atoms with Gasteiger partial charge in [-0.2, -0.15) is 4.80 Å². The molecule has 2 N–H and O–H groups in total. The van der Waals surface area contributed by atoms with E-state index in [0.29, 0.717) is 17.9 Å². The summed E-state index contributed by atoms with van der Waals surface area (Å²) in [7, 11) is 0. The van der Waals surface area contributed by atoms with Gasteiger partial charge >= 0.3 is 0 Å². The number of hydrogen-bond acceptors (Lipinski definition) is 5. The molecule has 25 heavy (non-hydrogen) atoms. The number of benzene rings is 2. The van der Waals surface area contributed by atoms with Crippen LogP contribution in [0.15, 0.2) is 54.6 Å². The molecule has 0 unspecified atom stereocenters. The number of hydrazine groups is 1. The van der Waals surface area contributed by atoms with Crippen LogP contribution in [0.25, 0.3) is 11.4 Å². The number of tetrazole rings is 1. The molecule has 0 atom stereocenters. The van der Waals surface area contributed by atoms with Crippen LogP contribution in [0.2, 0.25) is 0 Å². The minimum atomic E-state index is -0.382. The predicted molar refractivity (Wildman–Crippen MR) is 90.1 cm³/mol. The van der Waals surface area contributed by atoms with Gasteiger partial charge in [0.1, 0.15) is 0 Å². The number of carbonyl (C=O) groups is 2. The molecule has 3 aromatic rings. The van der Waals surface area contributed by atoms with Crippen molar-refractivity contribution in [3.8, 4) is 11.4 Å². The average molecular weight is 336 g/mol. The summed E-state index contributed by atoms with van der Waals surface area (Å²) in [6.07, 6.45) is 0. The first-order valence-electron chi connectivity index (χ1n) is 7.61. The first kappa shape index (κ1) is 16.3. The van der Waals surface area contributed by atoms with Gasteiger partial charge in [0.2, 0.25) is 11.7 Å². The fourth-order valence-corrected chi connectivity index (χ4v) is 2.15. The average Bonchev–Trinajstić information content (AvgIpc) is 3.09. The number of aromatic nitrogens is 4. The molecular weight excluding hydrogens is 320 g/mol. The summed E-state index contributed by atoms with van der Waals surface area (Å²) in [4.78, 5) is 24.1. The Labute approximate surface area is 143 Å². The molecule has 0 radical (unpaired) electrons. The maximum absolute atomic E-state index is 11.8. The molecule has 2 aromatic carbocycles. The lowest BCUT2D eigenvalue weighted by Gasteiger charge is -2.06. The van der Waals surface area contributed by atoms with Crippen molar-refractivity contribution in [2.24, 2.45) is 0 Å². The summed E-state index contributed by atoms with van der Waals surface area (Å²) < 4.78 is 0. The molecule has 2 amide bonds. The zero-order valence-electron chi connectivity index (χ0n) is 13.5. The largest absolute Gasteiger partial charge is 0.274 e. The van der Waals surface area contributed by atoms with E-state index in [9.17, 15) is 9.59 Å². The summed E-state index contributed by atoms with van der Waals surface area (Å²) in [5, 5.41) is 12.4. The van der Waals surface area contributed by atoms with E-state index in [1.807, 2.05) is 30.3 Å². The summed E-state index contributed by atoms with van der Waals surface area (Å²) in [6, 6.07) is 16.5. The van der Waals surface area contributed by atoms with Gasteiger partial charge in [0.25, 0.3) is 5.91 Å². The van der Waals surface area contributed by atoms with E-state index >= 15 is 0 Å². The molecule has 0 saturated carbocycles. The third kappa shape index (κ3) is 4.25. The van der Waals surface area contributed by atoms with Gasteiger partial charge in [-0.15, -0.1) is 10.2 Å². The molecule has 0 aliphatic rings. The molecule has 0 fully saturated rings. The molecule has 3 rings (SSSR count). The molecule has 126 valence electrons. The number of amides is 2. The fourth-order valence-electron chi connectivity index (χ4n) is 2.15. The van der Waals surface area contributed by atoms with E-state index in [1.54, 1.807) is 24.3 Å². The Morgan fingerprint density at radius 3 is 2.40 bits per heavy atom. The van der Waals surface area contributed by atoms with Gasteiger partial charge in [-0.3, -0.25) is 20.4 Å². The van der Waals surface area contributed by atoms with Gasteiger partial charge in [-0.25, -0.2) is 0 Å². The van der Waals surface area contributed by atoms with Crippen molar-refractivity contribution in [2.75, 3.05) is 0 Å². The highest BCUT2D eigenvalue weighted by Gasteiger charge is 2.08. The van der Waals surface area contributed by atoms with Crippen LogP contribution in [0.4, 0.5) is 0 Å². The Balaban J connectivity index is 1.65. The van der Waals surface area contributed by atoms with Gasteiger partial charge in [0.05, 0.1) is 6.54 Å². The second-order valence-electron chi connectivity index (χ2n) is 5.34. The SMILES string of the molecule is CC(=O)NNC(=O)c1ccc(Cn2nnc(-c3ccccc3)n2)cc1. The second-order valence-corrected chi connectivity index (χ2v) is 5.34. The van der Waals surface area contributed by atoms with Crippen molar-refractivity contribution in [3.05, 3.63) is 65.7 Å². The van der Waals surface area contributed by atoms with Gasteiger partial charge in [-0.1, -0.05) is 42.5 Å². The van der Waals surface area contributed by atoms with E-state index in [1.165, 1.54) is 11.7 Å². The van der Waals surface area contributed by atoms with E-state index in [-0.39, 0.29) is 11.8 Å². The molecule has 8 nitrogen and oxygen atoms in total. The first-order valence-corrected chi connectivity index (χ1v) is 7.61. The van der Waals surface area contributed by atoms with E-state index in [4.69, 9.17) is 0 Å². The summed E-state index contributed by atoms with van der Waals surface area (Å²) in [6.45, 7) is 1.76. The van der Waals surface area contributed by atoms with Gasteiger partial charge < -0.3 is 0 Å². The Kier molecular flexibility index (Phi) is 4.79. The zero-order chi connectivity index (χ0) is 17.6. The monoisotopic (exact) mass is 336 g/mol. The van der Waals surface area contributed by atoms with Crippen LogP contribution in [-0.2, 0) is 11.3 Å². The highest BCUT2D eigenvalue weighted by Crippen LogP contribution is 2.12. The van der Waals surface area contributed by atoms with Crippen molar-refractivity contribution in [1.29, 1.82) is 0 Å². The van der Waals surface area contributed by atoms with Gasteiger partial charge in [0, 0.05) is 18.1 Å². The number of rotatable bonds is 4. The fraction of sp³-hybridized carbons (Fsp3) is 0.118. The summed E-state index contributed by atoms with van der Waals surface area (Å²) >= 11 is 0. The highest BCUT2D eigenvalue weighted by molar-refractivity contribution is 5.95. The first-order chi connectivity index (χ1) is 12.1. The van der Waals surface area contributed by atoms with Crippen molar-refractivity contribution in [3.63, 3.8) is 0 Å². The molecule has 0 spiro atoms. The molecule has 0 aliphatic carbocycles. The van der Waals surface area contributed by atoms with Crippen LogP contribution in [0, 0.1) is 0 Å². The topological polar surface area (TPSA) is 102 Å². The van der Waals surface area contributed by atoms with Gasteiger partial charge in [0.15, 0.2) is 0 Å². The van der Waals surface area contributed by atoms with Crippen LogP contribution in [0.1, 0.15) is 22.8 Å². The van der Waals surface area contributed by atoms with Crippen LogP contribution in [0.3, 0.4) is 0 Å². The summed E-state index contributed by atoms with van der Waals surface area (Å²) in [5.41, 5.74) is 6.82. The minimum Gasteiger partial charge on any atom is -0.274 e. The maximum atomic E-state index is 11.8. The Morgan fingerprint density at radius 2 is 1.72 bits per heavy atom.